The molecule has 0 radical (unpaired) electrons. The quantitative estimate of drug-likeness (QED) is 0.817. The van der Waals surface area contributed by atoms with Gasteiger partial charge in [0.1, 0.15) is 0 Å². The minimum absolute atomic E-state index is 0.0812. The molecule has 100 valence electrons. The van der Waals surface area contributed by atoms with Crippen molar-refractivity contribution in [3.05, 3.63) is 57.8 Å². The second-order valence-corrected chi connectivity index (χ2v) is 6.65. The maximum atomic E-state index is 6.12. The summed E-state index contributed by atoms with van der Waals surface area (Å²) in [6.45, 7) is 0. The van der Waals surface area contributed by atoms with Gasteiger partial charge < -0.3 is 5.73 Å². The number of thioether (sulfide) groups is 1. The van der Waals surface area contributed by atoms with Gasteiger partial charge in [-0.1, -0.05) is 17.7 Å². The van der Waals surface area contributed by atoms with Gasteiger partial charge >= 0.3 is 0 Å². The molecule has 0 aliphatic heterocycles. The molecule has 0 spiro atoms. The Bertz CT molecular complexity index is 533. The van der Waals surface area contributed by atoms with E-state index in [4.69, 9.17) is 17.3 Å². The molecule has 0 saturated carbocycles. The molecule has 1 heterocycles. The van der Waals surface area contributed by atoms with Crippen LogP contribution in [0.3, 0.4) is 0 Å². The van der Waals surface area contributed by atoms with Crippen LogP contribution in [-0.4, -0.2) is 16.8 Å². The van der Waals surface area contributed by atoms with Gasteiger partial charge in [0.25, 0.3) is 0 Å². The van der Waals surface area contributed by atoms with Gasteiger partial charge in [0.05, 0.1) is 0 Å². The fourth-order valence-electron chi connectivity index (χ4n) is 1.61. The second kappa shape index (κ2) is 7.29. The summed E-state index contributed by atoms with van der Waals surface area (Å²) < 4.78 is 0.984. The Balaban J connectivity index is 1.84. The standard InChI is InChI=1S/C14H14BrClN2S/c15-10-4-5-13(18-8-10)7-12(17)9-19-14-3-1-2-11(16)6-14/h1-6,8,12H,7,9,17H2. The lowest BCUT2D eigenvalue weighted by molar-refractivity contribution is 0.731. The zero-order valence-electron chi connectivity index (χ0n) is 10.2. The molecule has 19 heavy (non-hydrogen) atoms. The molecule has 2 nitrogen and oxygen atoms in total. The van der Waals surface area contributed by atoms with E-state index in [1.54, 1.807) is 18.0 Å². The van der Waals surface area contributed by atoms with Crippen molar-refractivity contribution < 1.29 is 0 Å². The Labute approximate surface area is 130 Å². The zero-order valence-corrected chi connectivity index (χ0v) is 13.4. The highest BCUT2D eigenvalue weighted by Gasteiger charge is 2.06. The van der Waals surface area contributed by atoms with Crippen molar-refractivity contribution in [1.82, 2.24) is 4.98 Å². The molecule has 0 aliphatic carbocycles. The molecule has 1 aromatic heterocycles. The van der Waals surface area contributed by atoms with Gasteiger partial charge in [-0.05, 0) is 46.3 Å². The number of nitrogens with zero attached hydrogens (tertiary/aromatic N) is 1. The first-order chi connectivity index (χ1) is 9.13. The van der Waals surface area contributed by atoms with Crippen LogP contribution in [0.1, 0.15) is 5.69 Å². The van der Waals surface area contributed by atoms with Crippen molar-refractivity contribution in [2.24, 2.45) is 5.73 Å². The van der Waals surface area contributed by atoms with Crippen molar-refractivity contribution in [1.29, 1.82) is 0 Å². The lowest BCUT2D eigenvalue weighted by atomic mass is 10.2. The van der Waals surface area contributed by atoms with E-state index in [0.717, 1.165) is 32.3 Å². The third-order valence-corrected chi connectivity index (χ3v) is 4.41. The molecule has 2 N–H and O–H groups in total. The summed E-state index contributed by atoms with van der Waals surface area (Å²) in [4.78, 5) is 5.48. The van der Waals surface area contributed by atoms with Gasteiger partial charge in [0.15, 0.2) is 0 Å². The van der Waals surface area contributed by atoms with Crippen molar-refractivity contribution in [3.8, 4) is 0 Å². The molecule has 0 saturated heterocycles. The first-order valence-electron chi connectivity index (χ1n) is 5.88. The molecular weight excluding hydrogens is 344 g/mol. The Morgan fingerprint density at radius 3 is 2.84 bits per heavy atom. The molecule has 1 aromatic carbocycles. The van der Waals surface area contributed by atoms with E-state index < -0.39 is 0 Å². The Hall–Kier alpha value is -0.550. The monoisotopic (exact) mass is 356 g/mol. The third kappa shape index (κ3) is 5.15. The van der Waals surface area contributed by atoms with E-state index in [2.05, 4.69) is 20.9 Å². The van der Waals surface area contributed by atoms with Gasteiger partial charge in [-0.25, -0.2) is 0 Å². The first-order valence-corrected chi connectivity index (χ1v) is 8.03. The lowest BCUT2D eigenvalue weighted by Gasteiger charge is -2.11. The van der Waals surface area contributed by atoms with Gasteiger partial charge in [0, 0.05) is 44.5 Å². The number of nitrogens with two attached hydrogens (primary N) is 1. The van der Waals surface area contributed by atoms with E-state index in [9.17, 15) is 0 Å². The van der Waals surface area contributed by atoms with Crippen LogP contribution < -0.4 is 5.73 Å². The Kier molecular flexibility index (Phi) is 5.70. The van der Waals surface area contributed by atoms with Crippen molar-refractivity contribution in [2.45, 2.75) is 17.4 Å². The summed E-state index contributed by atoms with van der Waals surface area (Å²) in [6, 6.07) is 11.9. The summed E-state index contributed by atoms with van der Waals surface area (Å²) in [5.41, 5.74) is 7.14. The molecule has 2 rings (SSSR count). The van der Waals surface area contributed by atoms with Crippen molar-refractivity contribution in [3.63, 3.8) is 0 Å². The average Bonchev–Trinajstić information content (AvgIpc) is 2.39. The topological polar surface area (TPSA) is 38.9 Å². The van der Waals surface area contributed by atoms with E-state index in [1.165, 1.54) is 0 Å². The maximum Gasteiger partial charge on any atom is 0.0420 e. The number of halogens is 2. The van der Waals surface area contributed by atoms with Crippen LogP contribution in [0.15, 0.2) is 52.0 Å². The SMILES string of the molecule is NC(CSc1cccc(Cl)c1)Cc1ccc(Br)cn1. The molecule has 0 aliphatic rings. The van der Waals surface area contributed by atoms with Gasteiger partial charge in [-0.3, -0.25) is 4.98 Å². The van der Waals surface area contributed by atoms with E-state index >= 15 is 0 Å². The zero-order chi connectivity index (χ0) is 13.7. The normalized spacial score (nSPS) is 12.4. The van der Waals surface area contributed by atoms with Gasteiger partial charge in [-0.2, -0.15) is 0 Å². The molecule has 0 amide bonds. The van der Waals surface area contributed by atoms with Crippen LogP contribution in [0.4, 0.5) is 0 Å². The van der Waals surface area contributed by atoms with Crippen LogP contribution >= 0.6 is 39.3 Å². The van der Waals surface area contributed by atoms with Crippen LogP contribution in [-0.2, 0) is 6.42 Å². The molecule has 0 fully saturated rings. The largest absolute Gasteiger partial charge is 0.327 e. The number of pyridine rings is 1. The van der Waals surface area contributed by atoms with E-state index in [1.807, 2.05) is 36.4 Å². The minimum Gasteiger partial charge on any atom is -0.327 e. The summed E-state index contributed by atoms with van der Waals surface area (Å²) in [5, 5.41) is 0.758. The van der Waals surface area contributed by atoms with Crippen molar-refractivity contribution >= 4 is 39.3 Å². The molecule has 1 unspecified atom stereocenters. The maximum absolute atomic E-state index is 6.12. The summed E-state index contributed by atoms with van der Waals surface area (Å²) in [5.74, 6) is 0.845. The van der Waals surface area contributed by atoms with Crippen LogP contribution in [0, 0.1) is 0 Å². The third-order valence-electron chi connectivity index (χ3n) is 2.52. The highest BCUT2D eigenvalue weighted by Crippen LogP contribution is 2.22. The molecular formula is C14H14BrClN2S. The first kappa shape index (κ1) is 14.9. The van der Waals surface area contributed by atoms with Crippen molar-refractivity contribution in [2.75, 3.05) is 5.75 Å². The Morgan fingerprint density at radius 1 is 1.32 bits per heavy atom. The van der Waals surface area contributed by atoms with Gasteiger partial charge in [0.2, 0.25) is 0 Å². The van der Waals surface area contributed by atoms with E-state index in [0.29, 0.717) is 0 Å². The summed E-state index contributed by atoms with van der Waals surface area (Å²) in [7, 11) is 0. The predicted octanol–water partition coefficient (Wildman–Crippen LogP) is 4.16. The average molecular weight is 358 g/mol. The number of rotatable bonds is 5. The van der Waals surface area contributed by atoms with E-state index in [-0.39, 0.29) is 6.04 Å². The van der Waals surface area contributed by atoms with Crippen LogP contribution in [0.2, 0.25) is 5.02 Å². The lowest BCUT2D eigenvalue weighted by Crippen LogP contribution is -2.25. The van der Waals surface area contributed by atoms with Gasteiger partial charge in [-0.15, -0.1) is 11.8 Å². The summed E-state index contributed by atoms with van der Waals surface area (Å²) in [6.07, 6.45) is 2.58. The molecule has 0 bridgehead atoms. The number of aromatic nitrogens is 1. The predicted molar refractivity (Wildman–Crippen MR) is 85.8 cm³/mol. The molecule has 5 heteroatoms. The fourth-order valence-corrected chi connectivity index (χ4v) is 3.01. The smallest absolute Gasteiger partial charge is 0.0420 e. The van der Waals surface area contributed by atoms with Crippen LogP contribution in [0.5, 0.6) is 0 Å². The second-order valence-electron chi connectivity index (χ2n) is 4.20. The number of hydrogen-bond donors (Lipinski definition) is 1. The minimum atomic E-state index is 0.0812. The highest BCUT2D eigenvalue weighted by molar-refractivity contribution is 9.10. The Morgan fingerprint density at radius 2 is 2.16 bits per heavy atom. The summed E-state index contributed by atoms with van der Waals surface area (Å²) >= 11 is 11.0. The number of hydrogen-bond acceptors (Lipinski definition) is 3. The molecule has 2 aromatic rings. The van der Waals surface area contributed by atoms with Crippen LogP contribution in [0.25, 0.3) is 0 Å². The number of benzene rings is 1. The highest BCUT2D eigenvalue weighted by atomic mass is 79.9. The fraction of sp³-hybridized carbons (Fsp3) is 0.214. The molecule has 1 atom stereocenters.